The molecular weight excluding hydrogens is 414 g/mol. The lowest BCUT2D eigenvalue weighted by Gasteiger charge is -2.28. The van der Waals surface area contributed by atoms with Gasteiger partial charge in [-0.3, -0.25) is 14.6 Å². The fourth-order valence-corrected chi connectivity index (χ4v) is 5.63. The Bertz CT molecular complexity index is 1060. The number of hydrogen-bond donors (Lipinski definition) is 3. The molecule has 172 valence electrons. The third kappa shape index (κ3) is 4.80. The lowest BCUT2D eigenvalue weighted by atomic mass is 9.79. The van der Waals surface area contributed by atoms with Crippen molar-refractivity contribution in [1.82, 2.24) is 10.6 Å². The molecule has 2 amide bonds. The van der Waals surface area contributed by atoms with Gasteiger partial charge in [0.2, 0.25) is 5.91 Å². The first kappa shape index (κ1) is 21.7. The number of hydrogen-bond acceptors (Lipinski definition) is 4. The monoisotopic (exact) mass is 445 g/mol. The zero-order valence-electron chi connectivity index (χ0n) is 18.8. The molecule has 2 aliphatic carbocycles. The summed E-state index contributed by atoms with van der Waals surface area (Å²) in [6.07, 6.45) is 6.22. The summed E-state index contributed by atoms with van der Waals surface area (Å²) in [6.45, 7) is 0.660. The van der Waals surface area contributed by atoms with Crippen molar-refractivity contribution >= 4 is 17.6 Å². The average molecular weight is 446 g/mol. The van der Waals surface area contributed by atoms with Gasteiger partial charge in [-0.1, -0.05) is 24.3 Å². The second kappa shape index (κ2) is 9.38. The third-order valence-corrected chi connectivity index (χ3v) is 7.51. The van der Waals surface area contributed by atoms with Crippen molar-refractivity contribution in [2.45, 2.75) is 56.9 Å². The maximum absolute atomic E-state index is 12.9. The Morgan fingerprint density at radius 2 is 1.79 bits per heavy atom. The van der Waals surface area contributed by atoms with Crippen molar-refractivity contribution in [3.05, 3.63) is 65.2 Å². The van der Waals surface area contributed by atoms with Crippen LogP contribution in [0.4, 0.5) is 0 Å². The SMILES string of the molecule is O=C(NCC1CCC(C(=O)NC2=N[C@@H]3CCc4cc(O)ccc4[C@@H]3C2)CC1)c1ccccc1. The van der Waals surface area contributed by atoms with Crippen LogP contribution in [-0.4, -0.2) is 35.3 Å². The Kier molecular flexibility index (Phi) is 6.16. The van der Waals surface area contributed by atoms with Crippen molar-refractivity contribution in [3.8, 4) is 5.75 Å². The van der Waals surface area contributed by atoms with Crippen molar-refractivity contribution in [1.29, 1.82) is 0 Å². The molecule has 33 heavy (non-hydrogen) atoms. The van der Waals surface area contributed by atoms with E-state index >= 15 is 0 Å². The first-order valence-electron chi connectivity index (χ1n) is 12.1. The first-order chi connectivity index (χ1) is 16.1. The molecule has 0 unspecified atom stereocenters. The van der Waals surface area contributed by atoms with E-state index in [1.54, 1.807) is 6.07 Å². The number of carbonyl (C=O) groups excluding carboxylic acids is 2. The lowest BCUT2D eigenvalue weighted by Crippen LogP contribution is -2.38. The van der Waals surface area contributed by atoms with E-state index in [1.165, 1.54) is 11.1 Å². The van der Waals surface area contributed by atoms with Gasteiger partial charge in [0.05, 0.1) is 6.04 Å². The third-order valence-electron chi connectivity index (χ3n) is 7.51. The number of fused-ring (bicyclic) bond motifs is 3. The predicted octanol–water partition coefficient (Wildman–Crippen LogP) is 3.95. The van der Waals surface area contributed by atoms with Gasteiger partial charge in [0.15, 0.2) is 0 Å². The minimum Gasteiger partial charge on any atom is -0.508 e. The number of benzene rings is 2. The zero-order valence-corrected chi connectivity index (χ0v) is 18.8. The quantitative estimate of drug-likeness (QED) is 0.666. The minimum absolute atomic E-state index is 0.0145. The normalized spacial score (nSPS) is 26.0. The van der Waals surface area contributed by atoms with Crippen LogP contribution in [0.5, 0.6) is 5.75 Å². The Hall–Kier alpha value is -3.15. The number of amides is 2. The van der Waals surface area contributed by atoms with Gasteiger partial charge < -0.3 is 15.7 Å². The van der Waals surface area contributed by atoms with Crippen LogP contribution in [0.3, 0.4) is 0 Å². The van der Waals surface area contributed by atoms with Crippen LogP contribution in [0.1, 0.15) is 65.9 Å². The topological polar surface area (TPSA) is 90.8 Å². The average Bonchev–Trinajstić information content (AvgIpc) is 3.26. The Morgan fingerprint density at radius 3 is 2.58 bits per heavy atom. The van der Waals surface area contributed by atoms with Gasteiger partial charge in [0.1, 0.15) is 11.6 Å². The van der Waals surface area contributed by atoms with Gasteiger partial charge in [-0.05, 0) is 79.8 Å². The van der Waals surface area contributed by atoms with E-state index in [0.717, 1.165) is 50.8 Å². The molecule has 3 aliphatic rings. The molecule has 0 bridgehead atoms. The summed E-state index contributed by atoms with van der Waals surface area (Å²) in [6, 6.07) is 15.1. The summed E-state index contributed by atoms with van der Waals surface area (Å²) < 4.78 is 0. The minimum atomic E-state index is -0.0343. The smallest absolute Gasteiger partial charge is 0.251 e. The molecule has 5 rings (SSSR count). The maximum atomic E-state index is 12.9. The number of carbonyl (C=O) groups is 2. The fourth-order valence-electron chi connectivity index (χ4n) is 5.63. The number of nitrogens with zero attached hydrogens (tertiary/aromatic N) is 1. The van der Waals surface area contributed by atoms with E-state index in [2.05, 4.69) is 10.6 Å². The highest BCUT2D eigenvalue weighted by Crippen LogP contribution is 2.41. The van der Waals surface area contributed by atoms with Gasteiger partial charge in [0.25, 0.3) is 5.91 Å². The van der Waals surface area contributed by atoms with E-state index in [9.17, 15) is 14.7 Å². The number of phenols is 1. The number of aliphatic imine (C=N–C) groups is 1. The Morgan fingerprint density at radius 1 is 1.00 bits per heavy atom. The van der Waals surface area contributed by atoms with Crippen LogP contribution in [-0.2, 0) is 11.2 Å². The van der Waals surface area contributed by atoms with Crippen LogP contribution < -0.4 is 10.6 Å². The van der Waals surface area contributed by atoms with E-state index in [4.69, 9.17) is 4.99 Å². The molecule has 3 N–H and O–H groups in total. The van der Waals surface area contributed by atoms with Crippen LogP contribution in [0.2, 0.25) is 0 Å². The largest absolute Gasteiger partial charge is 0.508 e. The highest BCUT2D eigenvalue weighted by atomic mass is 16.3. The molecule has 2 atom stereocenters. The van der Waals surface area contributed by atoms with Gasteiger partial charge in [-0.25, -0.2) is 0 Å². The lowest BCUT2D eigenvalue weighted by molar-refractivity contribution is -0.124. The first-order valence-corrected chi connectivity index (χ1v) is 12.1. The number of nitrogens with one attached hydrogen (secondary N) is 2. The summed E-state index contributed by atoms with van der Waals surface area (Å²) in [4.78, 5) is 30.0. The highest BCUT2D eigenvalue weighted by molar-refractivity contribution is 6.00. The van der Waals surface area contributed by atoms with E-state index in [0.29, 0.717) is 29.7 Å². The molecule has 1 heterocycles. The predicted molar refractivity (Wildman–Crippen MR) is 127 cm³/mol. The van der Waals surface area contributed by atoms with Crippen LogP contribution in [0.25, 0.3) is 0 Å². The Labute approximate surface area is 194 Å². The molecule has 6 heteroatoms. The molecule has 1 aliphatic heterocycles. The molecule has 0 spiro atoms. The van der Waals surface area contributed by atoms with Crippen molar-refractivity contribution in [3.63, 3.8) is 0 Å². The Balaban J connectivity index is 1.09. The number of aryl methyl sites for hydroxylation is 1. The summed E-state index contributed by atoms with van der Waals surface area (Å²) in [5.41, 5.74) is 3.15. The molecule has 1 fully saturated rings. The van der Waals surface area contributed by atoms with Crippen molar-refractivity contribution < 1.29 is 14.7 Å². The summed E-state index contributed by atoms with van der Waals surface area (Å²) in [7, 11) is 0. The summed E-state index contributed by atoms with van der Waals surface area (Å²) in [5.74, 6) is 1.91. The van der Waals surface area contributed by atoms with E-state index in [-0.39, 0.29) is 23.8 Å². The van der Waals surface area contributed by atoms with Gasteiger partial charge in [0, 0.05) is 30.4 Å². The highest BCUT2D eigenvalue weighted by Gasteiger charge is 2.36. The van der Waals surface area contributed by atoms with Crippen LogP contribution in [0.15, 0.2) is 53.5 Å². The maximum Gasteiger partial charge on any atom is 0.251 e. The molecular formula is C27H31N3O3. The number of rotatable bonds is 4. The summed E-state index contributed by atoms with van der Waals surface area (Å²) >= 11 is 0. The molecule has 0 aromatic heterocycles. The molecule has 1 saturated carbocycles. The van der Waals surface area contributed by atoms with Gasteiger partial charge >= 0.3 is 0 Å². The number of amidine groups is 1. The number of phenolic OH excluding ortho intramolecular Hbond substituents is 1. The number of aromatic hydroxyl groups is 1. The zero-order chi connectivity index (χ0) is 22.8. The standard InChI is InChI=1S/C27H31N3O3/c31-21-11-12-22-20(14-21)10-13-24-23(22)15-25(29-24)30-27(33)19-8-6-17(7-9-19)16-28-26(32)18-4-2-1-3-5-18/h1-5,11-12,14,17,19,23-24,31H,6-10,13,15-16H2,(H,28,32)(H,29,30,33)/t17?,19?,23-,24+/m0/s1. The van der Waals surface area contributed by atoms with E-state index in [1.807, 2.05) is 42.5 Å². The molecule has 6 nitrogen and oxygen atoms in total. The summed E-state index contributed by atoms with van der Waals surface area (Å²) in [5, 5.41) is 15.9. The van der Waals surface area contributed by atoms with Crippen LogP contribution in [0, 0.1) is 11.8 Å². The fraction of sp³-hybridized carbons (Fsp3) is 0.444. The van der Waals surface area contributed by atoms with Crippen LogP contribution >= 0.6 is 0 Å². The molecule has 0 radical (unpaired) electrons. The van der Waals surface area contributed by atoms with Gasteiger partial charge in [-0.2, -0.15) is 0 Å². The molecule has 2 aromatic rings. The van der Waals surface area contributed by atoms with Crippen molar-refractivity contribution in [2.24, 2.45) is 16.8 Å². The second-order valence-corrected chi connectivity index (χ2v) is 9.66. The second-order valence-electron chi connectivity index (χ2n) is 9.66. The molecule has 0 saturated heterocycles. The van der Waals surface area contributed by atoms with Crippen molar-refractivity contribution in [2.75, 3.05) is 6.54 Å². The van der Waals surface area contributed by atoms with Gasteiger partial charge in [-0.15, -0.1) is 0 Å². The molecule has 2 aromatic carbocycles. The van der Waals surface area contributed by atoms with E-state index < -0.39 is 0 Å².